The number of benzene rings is 2. The molecule has 1 heterocycles. The SMILES string of the molecule is CCCCOc1ccc(C=C(C#N)C(=O)Nc2c(C)n(C)n(-c3ccccc3)c2=O)cc1OC. The maximum absolute atomic E-state index is 13.0. The highest BCUT2D eigenvalue weighted by molar-refractivity contribution is 6.09. The Balaban J connectivity index is 1.87. The van der Waals surface area contributed by atoms with Gasteiger partial charge in [-0.3, -0.25) is 14.3 Å². The molecule has 1 N–H and O–H groups in total. The average Bonchev–Trinajstić information content (AvgIpc) is 3.06. The number of anilines is 1. The Morgan fingerprint density at radius 2 is 1.91 bits per heavy atom. The molecule has 0 bridgehead atoms. The number of rotatable bonds is 9. The summed E-state index contributed by atoms with van der Waals surface area (Å²) in [6.45, 7) is 4.38. The second-order valence-corrected chi connectivity index (χ2v) is 7.67. The summed E-state index contributed by atoms with van der Waals surface area (Å²) in [5.74, 6) is 0.431. The Morgan fingerprint density at radius 1 is 1.18 bits per heavy atom. The van der Waals surface area contributed by atoms with Crippen LogP contribution in [0.5, 0.6) is 11.5 Å². The normalized spacial score (nSPS) is 11.1. The van der Waals surface area contributed by atoms with E-state index >= 15 is 0 Å². The Bertz CT molecular complexity index is 1300. The van der Waals surface area contributed by atoms with Gasteiger partial charge in [-0.05, 0) is 49.2 Å². The standard InChI is InChI=1S/C26H28N4O4/c1-5-6-14-34-22-13-12-19(16-23(22)33-4)15-20(17-27)25(31)28-24-18(2)29(3)30(26(24)32)21-10-8-7-9-11-21/h7-13,15-16H,5-6,14H2,1-4H3,(H,28,31). The van der Waals surface area contributed by atoms with Crippen LogP contribution in [-0.4, -0.2) is 29.0 Å². The first kappa shape index (κ1) is 24.4. The monoisotopic (exact) mass is 460 g/mol. The van der Waals surface area contributed by atoms with Gasteiger partial charge >= 0.3 is 0 Å². The molecule has 0 radical (unpaired) electrons. The van der Waals surface area contributed by atoms with Gasteiger partial charge in [0.25, 0.3) is 11.5 Å². The largest absolute Gasteiger partial charge is 0.493 e. The van der Waals surface area contributed by atoms with Gasteiger partial charge < -0.3 is 14.8 Å². The smallest absolute Gasteiger partial charge is 0.295 e. The number of hydrogen-bond donors (Lipinski definition) is 1. The van der Waals surface area contributed by atoms with Gasteiger partial charge in [0.1, 0.15) is 17.3 Å². The maximum atomic E-state index is 13.0. The lowest BCUT2D eigenvalue weighted by atomic mass is 10.1. The lowest BCUT2D eigenvalue weighted by Gasteiger charge is -2.11. The fourth-order valence-corrected chi connectivity index (χ4v) is 3.43. The molecular formula is C26H28N4O4. The highest BCUT2D eigenvalue weighted by atomic mass is 16.5. The van der Waals surface area contributed by atoms with Gasteiger partial charge in [-0.1, -0.05) is 37.6 Å². The van der Waals surface area contributed by atoms with Crippen LogP contribution in [-0.2, 0) is 11.8 Å². The Morgan fingerprint density at radius 3 is 2.56 bits per heavy atom. The molecule has 2 aromatic carbocycles. The highest BCUT2D eigenvalue weighted by Gasteiger charge is 2.20. The van der Waals surface area contributed by atoms with Crippen LogP contribution in [0.1, 0.15) is 31.0 Å². The van der Waals surface area contributed by atoms with Gasteiger partial charge in [-0.25, -0.2) is 4.68 Å². The zero-order valence-electron chi connectivity index (χ0n) is 19.8. The second-order valence-electron chi connectivity index (χ2n) is 7.67. The Labute approximate surface area is 198 Å². The first-order chi connectivity index (χ1) is 16.4. The number of amides is 1. The summed E-state index contributed by atoms with van der Waals surface area (Å²) < 4.78 is 14.2. The van der Waals surface area contributed by atoms with E-state index in [9.17, 15) is 14.9 Å². The van der Waals surface area contributed by atoms with Gasteiger partial charge in [0.2, 0.25) is 0 Å². The summed E-state index contributed by atoms with van der Waals surface area (Å²) in [5, 5.41) is 12.2. The van der Waals surface area contributed by atoms with Crippen LogP contribution in [0.4, 0.5) is 5.69 Å². The summed E-state index contributed by atoms with van der Waals surface area (Å²) >= 11 is 0. The summed E-state index contributed by atoms with van der Waals surface area (Å²) in [6, 6.07) is 16.2. The van der Waals surface area contributed by atoms with Crippen molar-refractivity contribution in [1.29, 1.82) is 5.26 Å². The number of aromatic nitrogens is 2. The summed E-state index contributed by atoms with van der Waals surface area (Å²) in [7, 11) is 3.26. The molecule has 3 aromatic rings. The van der Waals surface area contributed by atoms with Gasteiger partial charge in [0.05, 0.1) is 25.1 Å². The van der Waals surface area contributed by atoms with E-state index in [0.717, 1.165) is 12.8 Å². The summed E-state index contributed by atoms with van der Waals surface area (Å²) in [5.41, 5.74) is 1.42. The van der Waals surface area contributed by atoms with Crippen molar-refractivity contribution < 1.29 is 14.3 Å². The molecule has 0 atom stereocenters. The molecule has 0 spiro atoms. The molecule has 0 unspecified atom stereocenters. The minimum atomic E-state index is -0.671. The molecule has 0 saturated carbocycles. The van der Waals surface area contributed by atoms with E-state index in [1.807, 2.05) is 24.3 Å². The molecule has 176 valence electrons. The third-order valence-corrected chi connectivity index (χ3v) is 5.41. The molecule has 3 rings (SSSR count). The third-order valence-electron chi connectivity index (χ3n) is 5.41. The fraction of sp³-hybridized carbons (Fsp3) is 0.269. The molecule has 8 heteroatoms. The Kier molecular flexibility index (Phi) is 7.93. The molecule has 8 nitrogen and oxygen atoms in total. The molecular weight excluding hydrogens is 432 g/mol. The zero-order chi connectivity index (χ0) is 24.7. The lowest BCUT2D eigenvalue weighted by molar-refractivity contribution is -0.112. The van der Waals surface area contributed by atoms with E-state index < -0.39 is 5.91 Å². The minimum absolute atomic E-state index is 0.120. The van der Waals surface area contributed by atoms with E-state index in [0.29, 0.717) is 35.1 Å². The molecule has 0 fully saturated rings. The summed E-state index contributed by atoms with van der Waals surface area (Å²) in [6.07, 6.45) is 3.39. The molecule has 0 aliphatic rings. The number of nitrogens with one attached hydrogen (secondary N) is 1. The predicted molar refractivity (Wildman–Crippen MR) is 131 cm³/mol. The number of carbonyl (C=O) groups is 1. The number of nitrogens with zero attached hydrogens (tertiary/aromatic N) is 3. The van der Waals surface area contributed by atoms with Crippen molar-refractivity contribution in [2.75, 3.05) is 19.0 Å². The van der Waals surface area contributed by atoms with E-state index in [4.69, 9.17) is 9.47 Å². The van der Waals surface area contributed by atoms with Crippen molar-refractivity contribution in [2.24, 2.45) is 7.05 Å². The predicted octanol–water partition coefficient (Wildman–Crippen LogP) is 4.22. The first-order valence-electron chi connectivity index (χ1n) is 11.0. The first-order valence-corrected chi connectivity index (χ1v) is 11.0. The van der Waals surface area contributed by atoms with E-state index in [2.05, 4.69) is 12.2 Å². The van der Waals surface area contributed by atoms with Gasteiger partial charge in [0, 0.05) is 7.05 Å². The van der Waals surface area contributed by atoms with Crippen LogP contribution in [0.3, 0.4) is 0 Å². The van der Waals surface area contributed by atoms with Crippen molar-refractivity contribution in [3.63, 3.8) is 0 Å². The lowest BCUT2D eigenvalue weighted by Crippen LogP contribution is -2.23. The second kappa shape index (κ2) is 11.1. The third kappa shape index (κ3) is 5.21. The van der Waals surface area contributed by atoms with E-state index in [1.54, 1.807) is 49.0 Å². The molecule has 0 aliphatic heterocycles. The van der Waals surface area contributed by atoms with E-state index in [1.165, 1.54) is 17.9 Å². The molecule has 1 amide bonds. The number of carbonyl (C=O) groups excluding carboxylic acids is 1. The quantitative estimate of drug-likeness (QED) is 0.293. The molecule has 1 aromatic heterocycles. The number of nitriles is 1. The van der Waals surface area contributed by atoms with Crippen LogP contribution < -0.4 is 20.3 Å². The van der Waals surface area contributed by atoms with Crippen molar-refractivity contribution >= 4 is 17.7 Å². The van der Waals surface area contributed by atoms with Crippen LogP contribution in [0, 0.1) is 18.3 Å². The number of methoxy groups -OCH3 is 1. The van der Waals surface area contributed by atoms with Gasteiger partial charge in [-0.15, -0.1) is 0 Å². The maximum Gasteiger partial charge on any atom is 0.295 e. The van der Waals surface area contributed by atoms with Crippen molar-refractivity contribution in [3.8, 4) is 23.3 Å². The van der Waals surface area contributed by atoms with Crippen molar-refractivity contribution in [3.05, 3.63) is 75.7 Å². The van der Waals surface area contributed by atoms with Gasteiger partial charge in [-0.2, -0.15) is 5.26 Å². The van der Waals surface area contributed by atoms with Crippen molar-refractivity contribution in [1.82, 2.24) is 9.36 Å². The van der Waals surface area contributed by atoms with Crippen molar-refractivity contribution in [2.45, 2.75) is 26.7 Å². The molecule has 0 saturated heterocycles. The number of unbranched alkanes of at least 4 members (excludes halogenated alkanes) is 1. The Hall–Kier alpha value is -4.25. The van der Waals surface area contributed by atoms with Crippen LogP contribution in [0.25, 0.3) is 11.8 Å². The number of hydrogen-bond acceptors (Lipinski definition) is 5. The zero-order valence-corrected chi connectivity index (χ0v) is 19.8. The molecule has 0 aliphatic carbocycles. The van der Waals surface area contributed by atoms with Gasteiger partial charge in [0.15, 0.2) is 11.5 Å². The van der Waals surface area contributed by atoms with Crippen LogP contribution in [0.15, 0.2) is 58.9 Å². The average molecular weight is 461 g/mol. The fourth-order valence-electron chi connectivity index (χ4n) is 3.43. The van der Waals surface area contributed by atoms with E-state index in [-0.39, 0.29) is 16.8 Å². The summed E-state index contributed by atoms with van der Waals surface area (Å²) in [4.78, 5) is 25.9. The molecule has 34 heavy (non-hydrogen) atoms. The highest BCUT2D eigenvalue weighted by Crippen LogP contribution is 2.29. The number of para-hydroxylation sites is 1. The minimum Gasteiger partial charge on any atom is -0.493 e. The van der Waals surface area contributed by atoms with Crippen LogP contribution >= 0.6 is 0 Å². The topological polar surface area (TPSA) is 98.3 Å². The number of ether oxygens (including phenoxy) is 2. The van der Waals surface area contributed by atoms with Crippen LogP contribution in [0.2, 0.25) is 0 Å².